The van der Waals surface area contributed by atoms with Crippen LogP contribution in [0, 0.1) is 0 Å². The number of hydrogen-bond acceptors (Lipinski definition) is 6. The largest absolute Gasteiger partial charge is 0.462 e. The maximum atomic E-state index is 12.9. The Morgan fingerprint density at radius 3 is 0.901 bits per heavy atom. The summed E-state index contributed by atoms with van der Waals surface area (Å²) < 4.78 is 16.9. The van der Waals surface area contributed by atoms with Crippen molar-refractivity contribution < 1.29 is 28.6 Å². The van der Waals surface area contributed by atoms with Gasteiger partial charge in [-0.2, -0.15) is 0 Å². The highest BCUT2D eigenvalue weighted by molar-refractivity contribution is 5.71. The third kappa shape index (κ3) is 57.4. The molecule has 0 aliphatic carbocycles. The number of carbonyl (C=O) groups excluding carboxylic acids is 3. The van der Waals surface area contributed by atoms with Gasteiger partial charge in [-0.15, -0.1) is 0 Å². The van der Waals surface area contributed by atoms with Crippen molar-refractivity contribution in [3.05, 3.63) is 85.1 Å². The van der Waals surface area contributed by atoms with E-state index >= 15 is 0 Å². The van der Waals surface area contributed by atoms with Crippen LogP contribution in [0.5, 0.6) is 0 Å². The summed E-state index contributed by atoms with van der Waals surface area (Å²) in [5.41, 5.74) is 0. The fourth-order valence-corrected chi connectivity index (χ4v) is 8.34. The Bertz CT molecular complexity index is 1370. The average Bonchev–Trinajstić information content (AvgIpc) is 3.37. The van der Waals surface area contributed by atoms with Gasteiger partial charge in [-0.05, 0) is 116 Å². The highest BCUT2D eigenvalue weighted by Crippen LogP contribution is 2.15. The highest BCUT2D eigenvalue weighted by Gasteiger charge is 2.19. The number of allylic oxidation sites excluding steroid dienone is 14. The lowest BCUT2D eigenvalue weighted by Crippen LogP contribution is -2.30. The second-order valence-corrected chi connectivity index (χ2v) is 19.9. The van der Waals surface area contributed by atoms with Crippen molar-refractivity contribution in [3.63, 3.8) is 0 Å². The molecule has 0 unspecified atom stereocenters. The Morgan fingerprint density at radius 1 is 0.296 bits per heavy atom. The molecule has 0 fully saturated rings. The van der Waals surface area contributed by atoms with Crippen molar-refractivity contribution in [1.82, 2.24) is 0 Å². The van der Waals surface area contributed by atoms with Crippen LogP contribution in [0.3, 0.4) is 0 Å². The van der Waals surface area contributed by atoms with E-state index in [1.54, 1.807) is 0 Å². The Morgan fingerprint density at radius 2 is 0.549 bits per heavy atom. The summed E-state index contributed by atoms with van der Waals surface area (Å²) >= 11 is 0. The van der Waals surface area contributed by atoms with E-state index in [9.17, 15) is 14.4 Å². The molecule has 0 aromatic heterocycles. The zero-order valence-electron chi connectivity index (χ0n) is 46.7. The third-order valence-corrected chi connectivity index (χ3v) is 12.9. The molecule has 0 amide bonds. The summed E-state index contributed by atoms with van der Waals surface area (Å²) in [5, 5.41) is 0. The summed E-state index contributed by atoms with van der Waals surface area (Å²) in [5.74, 6) is -0.912. The molecule has 0 aromatic carbocycles. The van der Waals surface area contributed by atoms with Gasteiger partial charge in [0.05, 0.1) is 0 Å². The minimum Gasteiger partial charge on any atom is -0.462 e. The van der Waals surface area contributed by atoms with Crippen LogP contribution in [0.1, 0.15) is 290 Å². The molecule has 6 heteroatoms. The molecular formula is C65H112O6. The Labute approximate surface area is 439 Å². The summed E-state index contributed by atoms with van der Waals surface area (Å²) in [6, 6.07) is 0. The van der Waals surface area contributed by atoms with Crippen molar-refractivity contribution >= 4 is 17.9 Å². The highest BCUT2D eigenvalue weighted by atomic mass is 16.6. The topological polar surface area (TPSA) is 78.9 Å². The van der Waals surface area contributed by atoms with Crippen LogP contribution in [-0.2, 0) is 28.6 Å². The minimum atomic E-state index is -0.792. The van der Waals surface area contributed by atoms with Gasteiger partial charge in [0, 0.05) is 19.3 Å². The van der Waals surface area contributed by atoms with Crippen molar-refractivity contribution in [2.75, 3.05) is 13.2 Å². The number of carbonyl (C=O) groups is 3. The summed E-state index contributed by atoms with van der Waals surface area (Å²) in [7, 11) is 0. The van der Waals surface area contributed by atoms with E-state index in [2.05, 4.69) is 106 Å². The number of esters is 3. The predicted molar refractivity (Wildman–Crippen MR) is 307 cm³/mol. The zero-order chi connectivity index (χ0) is 51.4. The van der Waals surface area contributed by atoms with Gasteiger partial charge in [0.2, 0.25) is 0 Å². The third-order valence-electron chi connectivity index (χ3n) is 12.9. The number of ether oxygens (including phenoxy) is 3. The number of rotatable bonds is 54. The maximum absolute atomic E-state index is 12.9. The summed E-state index contributed by atoms with van der Waals surface area (Å²) in [6.45, 7) is 6.49. The SMILES string of the molecule is CC/C=C\C/C=C\C/C=C\C/C=C\CCCCCCC(=O)OC[C@H](COC(=O)CCCCCCCCC/C=C\CCCCCCCC)OC(=O)CCCCCCCCCCC/C=C\C/C=C\CCCCC. The monoisotopic (exact) mass is 989 g/mol. The molecule has 6 nitrogen and oxygen atoms in total. The molecule has 1 atom stereocenters. The van der Waals surface area contributed by atoms with E-state index in [0.29, 0.717) is 19.3 Å². The molecule has 0 aliphatic heterocycles. The lowest BCUT2D eigenvalue weighted by molar-refractivity contribution is -0.167. The van der Waals surface area contributed by atoms with Gasteiger partial charge in [-0.25, -0.2) is 0 Å². The van der Waals surface area contributed by atoms with Gasteiger partial charge in [0.1, 0.15) is 13.2 Å². The van der Waals surface area contributed by atoms with E-state index in [4.69, 9.17) is 14.2 Å². The van der Waals surface area contributed by atoms with E-state index in [-0.39, 0.29) is 31.1 Å². The quantitative estimate of drug-likeness (QED) is 0.0261. The smallest absolute Gasteiger partial charge is 0.306 e. The van der Waals surface area contributed by atoms with E-state index in [0.717, 1.165) is 103 Å². The van der Waals surface area contributed by atoms with Gasteiger partial charge in [0.25, 0.3) is 0 Å². The molecule has 408 valence electrons. The van der Waals surface area contributed by atoms with Crippen LogP contribution < -0.4 is 0 Å². The fraction of sp³-hybridized carbons (Fsp3) is 0.738. The predicted octanol–water partition coefficient (Wildman–Crippen LogP) is 20.3. The summed E-state index contributed by atoms with van der Waals surface area (Å²) in [4.78, 5) is 38.2. The molecule has 0 N–H and O–H groups in total. The number of unbranched alkanes of at least 4 members (excludes halogenated alkanes) is 29. The lowest BCUT2D eigenvalue weighted by Gasteiger charge is -2.18. The van der Waals surface area contributed by atoms with Gasteiger partial charge < -0.3 is 14.2 Å². The van der Waals surface area contributed by atoms with Crippen LogP contribution in [0.25, 0.3) is 0 Å². The van der Waals surface area contributed by atoms with Crippen LogP contribution in [0.2, 0.25) is 0 Å². The number of hydrogen-bond donors (Lipinski definition) is 0. The first-order chi connectivity index (χ1) is 35.0. The van der Waals surface area contributed by atoms with Crippen LogP contribution in [0.15, 0.2) is 85.1 Å². The van der Waals surface area contributed by atoms with Crippen molar-refractivity contribution in [2.45, 2.75) is 297 Å². The van der Waals surface area contributed by atoms with E-state index in [1.807, 2.05) is 0 Å². The van der Waals surface area contributed by atoms with Gasteiger partial charge in [-0.1, -0.05) is 241 Å². The molecule has 0 spiro atoms. The second-order valence-electron chi connectivity index (χ2n) is 19.9. The molecular weight excluding hydrogens is 877 g/mol. The van der Waals surface area contributed by atoms with Gasteiger partial charge in [-0.3, -0.25) is 14.4 Å². The maximum Gasteiger partial charge on any atom is 0.306 e. The fourth-order valence-electron chi connectivity index (χ4n) is 8.34. The minimum absolute atomic E-state index is 0.0879. The van der Waals surface area contributed by atoms with Crippen molar-refractivity contribution in [3.8, 4) is 0 Å². The average molecular weight is 990 g/mol. The molecule has 0 aromatic rings. The Balaban J connectivity index is 4.43. The van der Waals surface area contributed by atoms with Gasteiger partial charge >= 0.3 is 17.9 Å². The van der Waals surface area contributed by atoms with Crippen LogP contribution in [0.4, 0.5) is 0 Å². The van der Waals surface area contributed by atoms with Crippen LogP contribution >= 0.6 is 0 Å². The zero-order valence-corrected chi connectivity index (χ0v) is 46.7. The Kier molecular flexibility index (Phi) is 56.3. The molecule has 0 saturated carbocycles. The molecule has 71 heavy (non-hydrogen) atoms. The molecule has 0 radical (unpaired) electrons. The first-order valence-corrected chi connectivity index (χ1v) is 30.1. The second kappa shape index (κ2) is 59.2. The molecule has 0 aliphatic rings. The van der Waals surface area contributed by atoms with E-state index < -0.39 is 6.10 Å². The molecule has 0 heterocycles. The van der Waals surface area contributed by atoms with E-state index in [1.165, 1.54) is 148 Å². The normalized spacial score (nSPS) is 12.7. The van der Waals surface area contributed by atoms with Crippen LogP contribution in [-0.4, -0.2) is 37.2 Å². The van der Waals surface area contributed by atoms with Crippen molar-refractivity contribution in [1.29, 1.82) is 0 Å². The van der Waals surface area contributed by atoms with Crippen molar-refractivity contribution in [2.24, 2.45) is 0 Å². The lowest BCUT2D eigenvalue weighted by atomic mass is 10.1. The first-order valence-electron chi connectivity index (χ1n) is 30.1. The molecule has 0 rings (SSSR count). The standard InChI is InChI=1S/C65H112O6/c1-4-7-10-13-16-19-22-25-28-31-32-35-38-41-44-47-50-53-56-59-65(68)71-62(60-69-63(66)57-54-51-48-45-42-39-36-33-29-26-23-20-17-14-11-8-5-2)61-70-64(67)58-55-52-49-46-43-40-37-34-30-27-24-21-18-15-12-9-6-3/h8,11,16-17,19-20,25-30,36,39,62H,4-7,9-10,12-15,18,21-24,31-35,37-38,40-61H2,1-3H3/b11-8-,19-16-,20-17-,28-25-,29-26-,30-27-,39-36-/t62-/m1/s1. The Hall–Kier alpha value is -3.41. The summed E-state index contributed by atoms with van der Waals surface area (Å²) in [6.07, 6.45) is 77.1. The van der Waals surface area contributed by atoms with Gasteiger partial charge in [0.15, 0.2) is 6.10 Å². The first kappa shape index (κ1) is 67.6. The molecule has 0 saturated heterocycles. The molecule has 0 bridgehead atoms.